The third-order valence-corrected chi connectivity index (χ3v) is 4.22. The minimum atomic E-state index is -0.819. The van der Waals surface area contributed by atoms with Gasteiger partial charge in [-0.2, -0.15) is 0 Å². The standard InChI is InChI=1S/C18H23N3O5S/c1-3-25-13-7-5-6-12(10-13)16(23)20-18(27)21-9-8-19-17(24)14(21)11-15(22)26-4-2/h5-7,10,14H,3-4,8-9,11H2,1-2H3,(H,19,24)(H,20,23,27)/t14-/m1/s1. The number of carbonyl (C=O) groups excluding carboxylic acids is 3. The molecule has 0 radical (unpaired) electrons. The summed E-state index contributed by atoms with van der Waals surface area (Å²) in [6.45, 7) is 5.01. The SMILES string of the molecule is CCOC(=O)C[C@@H]1C(=O)NCCN1C(=S)NC(=O)c1cccc(OCC)c1. The first-order chi connectivity index (χ1) is 13.0. The molecule has 2 amide bonds. The third-order valence-electron chi connectivity index (χ3n) is 3.88. The molecule has 1 aliphatic rings. The van der Waals surface area contributed by atoms with Gasteiger partial charge in [-0.15, -0.1) is 0 Å². The van der Waals surface area contributed by atoms with Crippen LogP contribution >= 0.6 is 12.2 Å². The summed E-state index contributed by atoms with van der Waals surface area (Å²) in [5.74, 6) is -0.664. The second-order valence-electron chi connectivity index (χ2n) is 5.73. The van der Waals surface area contributed by atoms with Crippen molar-refractivity contribution in [1.82, 2.24) is 15.5 Å². The molecule has 0 aromatic heterocycles. The number of amides is 2. The van der Waals surface area contributed by atoms with Gasteiger partial charge in [-0.3, -0.25) is 19.7 Å². The van der Waals surface area contributed by atoms with Crippen molar-refractivity contribution >= 4 is 35.1 Å². The Hall–Kier alpha value is -2.68. The molecule has 8 nitrogen and oxygen atoms in total. The number of rotatable bonds is 6. The number of benzene rings is 1. The first-order valence-corrected chi connectivity index (χ1v) is 9.15. The molecule has 2 N–H and O–H groups in total. The third kappa shape index (κ3) is 5.65. The van der Waals surface area contributed by atoms with E-state index in [9.17, 15) is 14.4 Å². The molecule has 1 aromatic carbocycles. The lowest BCUT2D eigenvalue weighted by atomic mass is 10.1. The molecular weight excluding hydrogens is 370 g/mol. The van der Waals surface area contributed by atoms with E-state index in [0.717, 1.165) is 0 Å². The molecule has 2 rings (SSSR count). The molecule has 146 valence electrons. The normalized spacial score (nSPS) is 16.3. The van der Waals surface area contributed by atoms with E-state index in [1.165, 1.54) is 4.90 Å². The number of piperazine rings is 1. The topological polar surface area (TPSA) is 97.0 Å². The summed E-state index contributed by atoms with van der Waals surface area (Å²) in [5, 5.41) is 5.40. The number of carbonyl (C=O) groups is 3. The average Bonchev–Trinajstić information content (AvgIpc) is 2.64. The predicted molar refractivity (Wildman–Crippen MR) is 102 cm³/mol. The van der Waals surface area contributed by atoms with Crippen molar-refractivity contribution in [3.8, 4) is 5.75 Å². The van der Waals surface area contributed by atoms with Gasteiger partial charge < -0.3 is 19.7 Å². The number of nitrogens with one attached hydrogen (secondary N) is 2. The number of hydrogen-bond acceptors (Lipinski definition) is 6. The fourth-order valence-corrected chi connectivity index (χ4v) is 2.98. The number of hydrogen-bond donors (Lipinski definition) is 2. The Bertz CT molecular complexity index is 725. The highest BCUT2D eigenvalue weighted by molar-refractivity contribution is 7.80. The van der Waals surface area contributed by atoms with Gasteiger partial charge in [-0.05, 0) is 44.3 Å². The van der Waals surface area contributed by atoms with Crippen LogP contribution in [0.1, 0.15) is 30.6 Å². The Morgan fingerprint density at radius 2 is 2.11 bits per heavy atom. The summed E-state index contributed by atoms with van der Waals surface area (Å²) in [7, 11) is 0. The maximum absolute atomic E-state index is 12.5. The quantitative estimate of drug-likeness (QED) is 0.546. The van der Waals surface area contributed by atoms with E-state index in [4.69, 9.17) is 21.7 Å². The van der Waals surface area contributed by atoms with Crippen molar-refractivity contribution in [2.45, 2.75) is 26.3 Å². The van der Waals surface area contributed by atoms with Gasteiger partial charge in [0.05, 0.1) is 19.6 Å². The largest absolute Gasteiger partial charge is 0.494 e. The number of ether oxygens (including phenoxy) is 2. The van der Waals surface area contributed by atoms with Crippen molar-refractivity contribution in [3.63, 3.8) is 0 Å². The van der Waals surface area contributed by atoms with Crippen LogP contribution in [0.4, 0.5) is 0 Å². The van der Waals surface area contributed by atoms with Crippen LogP contribution in [0.2, 0.25) is 0 Å². The maximum Gasteiger partial charge on any atom is 0.308 e. The van der Waals surface area contributed by atoms with Crippen LogP contribution in [-0.2, 0) is 14.3 Å². The van der Waals surface area contributed by atoms with E-state index in [2.05, 4.69) is 10.6 Å². The minimum absolute atomic E-state index is 0.0889. The highest BCUT2D eigenvalue weighted by atomic mass is 32.1. The van der Waals surface area contributed by atoms with Gasteiger partial charge in [0.25, 0.3) is 5.91 Å². The number of thiocarbonyl (C=S) groups is 1. The Morgan fingerprint density at radius 3 is 2.81 bits per heavy atom. The van der Waals surface area contributed by atoms with E-state index in [1.807, 2.05) is 6.92 Å². The maximum atomic E-state index is 12.5. The van der Waals surface area contributed by atoms with E-state index >= 15 is 0 Å². The monoisotopic (exact) mass is 393 g/mol. The molecule has 1 aromatic rings. The molecule has 1 atom stereocenters. The summed E-state index contributed by atoms with van der Waals surface area (Å²) in [5.41, 5.74) is 0.381. The molecule has 0 bridgehead atoms. The first kappa shape index (κ1) is 20.6. The van der Waals surface area contributed by atoms with Gasteiger partial charge in [0, 0.05) is 18.7 Å². The molecule has 27 heavy (non-hydrogen) atoms. The molecule has 1 saturated heterocycles. The Balaban J connectivity index is 2.07. The molecule has 0 aliphatic carbocycles. The Kier molecular flexibility index (Phi) is 7.54. The van der Waals surface area contributed by atoms with Crippen molar-refractivity contribution in [2.24, 2.45) is 0 Å². The fourth-order valence-electron chi connectivity index (χ4n) is 2.67. The van der Waals surface area contributed by atoms with E-state index < -0.39 is 17.9 Å². The van der Waals surface area contributed by atoms with Gasteiger partial charge in [0.15, 0.2) is 5.11 Å². The highest BCUT2D eigenvalue weighted by Gasteiger charge is 2.34. The van der Waals surface area contributed by atoms with Crippen LogP contribution < -0.4 is 15.4 Å². The molecule has 0 unspecified atom stereocenters. The molecular formula is C18H23N3O5S. The second kappa shape index (κ2) is 9.86. The van der Waals surface area contributed by atoms with Gasteiger partial charge >= 0.3 is 5.97 Å². The highest BCUT2D eigenvalue weighted by Crippen LogP contribution is 2.14. The van der Waals surface area contributed by atoms with E-state index in [-0.39, 0.29) is 24.0 Å². The molecule has 0 spiro atoms. The Labute approximate surface area is 163 Å². The van der Waals surface area contributed by atoms with Crippen molar-refractivity contribution < 1.29 is 23.9 Å². The van der Waals surface area contributed by atoms with E-state index in [1.54, 1.807) is 31.2 Å². The lowest BCUT2D eigenvalue weighted by Crippen LogP contribution is -2.60. The van der Waals surface area contributed by atoms with Gasteiger partial charge in [-0.25, -0.2) is 0 Å². The smallest absolute Gasteiger partial charge is 0.308 e. The average molecular weight is 393 g/mol. The minimum Gasteiger partial charge on any atom is -0.494 e. The van der Waals surface area contributed by atoms with Crippen LogP contribution in [0.15, 0.2) is 24.3 Å². The summed E-state index contributed by atoms with van der Waals surface area (Å²) in [6.07, 6.45) is -0.143. The van der Waals surface area contributed by atoms with E-state index in [0.29, 0.717) is 31.0 Å². The van der Waals surface area contributed by atoms with Crippen LogP contribution in [0.3, 0.4) is 0 Å². The number of esters is 1. The zero-order valence-corrected chi connectivity index (χ0v) is 16.1. The fraction of sp³-hybridized carbons (Fsp3) is 0.444. The predicted octanol–water partition coefficient (Wildman–Crippen LogP) is 0.854. The van der Waals surface area contributed by atoms with Crippen molar-refractivity contribution in [2.75, 3.05) is 26.3 Å². The summed E-state index contributed by atoms with van der Waals surface area (Å²) < 4.78 is 10.3. The van der Waals surface area contributed by atoms with Gasteiger partial charge in [-0.1, -0.05) is 6.07 Å². The summed E-state index contributed by atoms with van der Waals surface area (Å²) in [6, 6.07) is 5.89. The molecule has 1 heterocycles. The Morgan fingerprint density at radius 1 is 1.33 bits per heavy atom. The second-order valence-corrected chi connectivity index (χ2v) is 6.12. The molecule has 0 saturated carbocycles. The van der Waals surface area contributed by atoms with Crippen molar-refractivity contribution in [1.29, 1.82) is 0 Å². The van der Waals surface area contributed by atoms with Crippen molar-refractivity contribution in [3.05, 3.63) is 29.8 Å². The zero-order chi connectivity index (χ0) is 19.8. The summed E-state index contributed by atoms with van der Waals surface area (Å²) >= 11 is 5.31. The lowest BCUT2D eigenvalue weighted by Gasteiger charge is -2.36. The number of nitrogens with zero attached hydrogens (tertiary/aromatic N) is 1. The van der Waals surface area contributed by atoms with Gasteiger partial charge in [0.2, 0.25) is 5.91 Å². The van der Waals surface area contributed by atoms with Crippen LogP contribution in [0.5, 0.6) is 5.75 Å². The van der Waals surface area contributed by atoms with Gasteiger partial charge in [0.1, 0.15) is 11.8 Å². The molecule has 9 heteroatoms. The molecule has 1 fully saturated rings. The summed E-state index contributed by atoms with van der Waals surface area (Å²) in [4.78, 5) is 38.0. The first-order valence-electron chi connectivity index (χ1n) is 8.74. The van der Waals surface area contributed by atoms with Crippen LogP contribution in [0, 0.1) is 0 Å². The zero-order valence-electron chi connectivity index (χ0n) is 15.3. The van der Waals surface area contributed by atoms with Crippen LogP contribution in [0.25, 0.3) is 0 Å². The van der Waals surface area contributed by atoms with Crippen LogP contribution in [-0.4, -0.2) is 60.1 Å². The molecule has 1 aliphatic heterocycles. The lowest BCUT2D eigenvalue weighted by molar-refractivity contribution is -0.147.